The molecule has 4 N–H and O–H groups in total. The molecule has 0 unspecified atom stereocenters. The fraction of sp³-hybridized carbons (Fsp3) is 0.755. The lowest BCUT2D eigenvalue weighted by molar-refractivity contribution is -0.120. The number of ketones is 1. The molecule has 4 aromatic rings. The second-order valence-corrected chi connectivity index (χ2v) is 21.4. The van der Waals surface area contributed by atoms with Crippen LogP contribution >= 0.6 is 19.2 Å². The molecule has 4 atom stereocenters. The summed E-state index contributed by atoms with van der Waals surface area (Å²) in [6, 6.07) is 0. The number of nitrogens with zero attached hydrogens (tertiary/aromatic N) is 11. The fourth-order valence-electron chi connectivity index (χ4n) is 9.30. The van der Waals surface area contributed by atoms with Crippen molar-refractivity contribution in [1.29, 1.82) is 0 Å². The number of unbranched alkanes of at least 4 members (excludes halogenated alkanes) is 1. The zero-order valence-corrected chi connectivity index (χ0v) is 46.5. The first-order valence-corrected chi connectivity index (χ1v) is 29.1. The van der Waals surface area contributed by atoms with Crippen molar-refractivity contribution in [2.45, 2.75) is 89.5 Å². The summed E-state index contributed by atoms with van der Waals surface area (Å²) in [7, 11) is -4.44. The second kappa shape index (κ2) is 32.4. The van der Waals surface area contributed by atoms with E-state index in [-0.39, 0.29) is 34.6 Å². The molecule has 7 rings (SSSR count). The lowest BCUT2D eigenvalue weighted by atomic mass is 9.73. The van der Waals surface area contributed by atoms with Crippen LogP contribution in [0.5, 0.6) is 0 Å². The molecule has 3 aliphatic heterocycles. The zero-order chi connectivity index (χ0) is 55.9. The molecular formula is C49H77ClN11O17P. The lowest BCUT2D eigenvalue weighted by Crippen LogP contribution is -2.64. The summed E-state index contributed by atoms with van der Waals surface area (Å²) in [6.07, 6.45) is 6.12. The minimum Gasteiger partial charge on any atom is -0.387 e. The van der Waals surface area contributed by atoms with Crippen LogP contribution in [-0.4, -0.2) is 244 Å². The topological polar surface area (TPSA) is 323 Å². The van der Waals surface area contributed by atoms with Gasteiger partial charge in [0.05, 0.1) is 148 Å². The number of anilines is 1. The van der Waals surface area contributed by atoms with Gasteiger partial charge in [-0.25, -0.2) is 9.36 Å². The van der Waals surface area contributed by atoms with Gasteiger partial charge in [0.1, 0.15) is 36.3 Å². The van der Waals surface area contributed by atoms with Crippen LogP contribution in [0, 0.1) is 5.41 Å². The Hall–Kier alpha value is -4.20. The van der Waals surface area contributed by atoms with Gasteiger partial charge in [0.25, 0.3) is 5.91 Å². The Balaban J connectivity index is 0.681. The summed E-state index contributed by atoms with van der Waals surface area (Å²) in [6.45, 7) is 12.6. The van der Waals surface area contributed by atoms with Crippen molar-refractivity contribution in [3.05, 3.63) is 41.3 Å². The number of hydrogen-bond acceptors (Lipinski definition) is 22. The quantitative estimate of drug-likeness (QED) is 0.0277. The number of hydrogen-bond donors (Lipinski definition) is 4. The number of aliphatic hydroxyl groups is 2. The smallest absolute Gasteiger partial charge is 0.350 e. The summed E-state index contributed by atoms with van der Waals surface area (Å²) < 4.78 is 71.1. The van der Waals surface area contributed by atoms with E-state index in [0.717, 1.165) is 37.8 Å². The molecule has 3 saturated heterocycles. The van der Waals surface area contributed by atoms with Crippen molar-refractivity contribution in [2.75, 3.05) is 150 Å². The van der Waals surface area contributed by atoms with E-state index in [1.54, 1.807) is 15.6 Å². The number of aliphatic hydroxyl groups excluding tert-OH is 2. The van der Waals surface area contributed by atoms with Gasteiger partial charge in [0, 0.05) is 63.4 Å². The summed E-state index contributed by atoms with van der Waals surface area (Å²) >= 11 is 6.42. The van der Waals surface area contributed by atoms with E-state index in [0.29, 0.717) is 175 Å². The minimum absolute atomic E-state index is 0.0597. The molecule has 442 valence electrons. The summed E-state index contributed by atoms with van der Waals surface area (Å²) in [5, 5.41) is 39.4. The van der Waals surface area contributed by atoms with Gasteiger partial charge >= 0.3 is 7.60 Å². The normalized spacial score (nSPS) is 19.3. The highest BCUT2D eigenvalue weighted by Gasteiger charge is 2.49. The van der Waals surface area contributed by atoms with Crippen molar-refractivity contribution in [3.8, 4) is 0 Å². The van der Waals surface area contributed by atoms with Crippen LogP contribution in [0.15, 0.2) is 24.8 Å². The van der Waals surface area contributed by atoms with E-state index in [9.17, 15) is 24.4 Å². The molecule has 3 aliphatic rings. The highest BCUT2D eigenvalue weighted by atomic mass is 35.5. The average Bonchev–Trinajstić information content (AvgIpc) is 4.26. The maximum atomic E-state index is 13.8. The molecule has 1 amide bonds. The van der Waals surface area contributed by atoms with E-state index in [1.165, 1.54) is 10.9 Å². The van der Waals surface area contributed by atoms with E-state index >= 15 is 0 Å². The third-order valence-corrected chi connectivity index (χ3v) is 14.0. The predicted molar refractivity (Wildman–Crippen MR) is 281 cm³/mol. The highest BCUT2D eigenvalue weighted by Crippen LogP contribution is 2.44. The molecule has 4 aromatic heterocycles. The fourth-order valence-corrected chi connectivity index (χ4v) is 9.81. The first-order valence-electron chi connectivity index (χ1n) is 27.0. The number of likely N-dealkylation sites (tertiary alicyclic amines) is 1. The summed E-state index contributed by atoms with van der Waals surface area (Å²) in [5.74, 6) is 0.673. The highest BCUT2D eigenvalue weighted by molar-refractivity contribution is 7.51. The maximum absolute atomic E-state index is 13.8. The summed E-state index contributed by atoms with van der Waals surface area (Å²) in [4.78, 5) is 56.0. The Morgan fingerprint density at radius 2 is 1.37 bits per heavy atom. The Morgan fingerprint density at radius 1 is 0.747 bits per heavy atom. The molecule has 1 spiro atoms. The van der Waals surface area contributed by atoms with E-state index in [1.807, 2.05) is 24.2 Å². The Labute approximate surface area is 463 Å². The predicted octanol–water partition coefficient (Wildman–Crippen LogP) is 1.31. The van der Waals surface area contributed by atoms with E-state index < -0.39 is 38.5 Å². The standard InChI is InChI=1S/C49H77ClN11O17P/c1-2-39(62)7-12-69-14-16-71-18-20-73-22-24-75-26-27-76-25-23-74-21-19-72-17-15-70-13-11-60-31-38(55-56-60)6-3-4-10-59-30-37(28-51-59)46(65)57-9-5-8-49(33-57)34-58(35-49)44-40-29-52-61(45(40)54-48(50)53-44)47-43(64)42(63)41(78-47)32-77-36-79(66,67)68/h28-31,41-43,47,63-64H,2-27,32-36H2,1H3,(H2,66,67,68)/t41-,42-,43-,47-/m1/s1. The number of carbonyl (C=O) groups excluding carboxylic acids is 2. The van der Waals surface area contributed by atoms with Crippen LogP contribution in [0.3, 0.4) is 0 Å². The van der Waals surface area contributed by atoms with Crippen LogP contribution < -0.4 is 4.90 Å². The zero-order valence-electron chi connectivity index (χ0n) is 44.9. The lowest BCUT2D eigenvalue weighted by Gasteiger charge is -2.55. The van der Waals surface area contributed by atoms with Crippen molar-refractivity contribution in [2.24, 2.45) is 5.41 Å². The third-order valence-electron chi connectivity index (χ3n) is 13.4. The number of aromatic nitrogens is 9. The van der Waals surface area contributed by atoms with Gasteiger partial charge in [-0.1, -0.05) is 12.1 Å². The minimum atomic E-state index is -4.44. The van der Waals surface area contributed by atoms with Crippen LogP contribution in [-0.2, 0) is 76.2 Å². The van der Waals surface area contributed by atoms with Crippen molar-refractivity contribution < 1.29 is 81.5 Å². The number of ether oxygens (including phenoxy) is 10. The number of fused-ring (bicyclic) bond motifs is 1. The van der Waals surface area contributed by atoms with Gasteiger partial charge in [-0.15, -0.1) is 5.10 Å². The van der Waals surface area contributed by atoms with Gasteiger partial charge in [0.2, 0.25) is 5.28 Å². The van der Waals surface area contributed by atoms with Crippen LogP contribution in [0.2, 0.25) is 5.28 Å². The summed E-state index contributed by atoms with van der Waals surface area (Å²) in [5.41, 5.74) is 1.54. The molecule has 0 saturated carbocycles. The van der Waals surface area contributed by atoms with E-state index in [2.05, 4.69) is 35.4 Å². The number of carbonyl (C=O) groups is 2. The van der Waals surface area contributed by atoms with Gasteiger partial charge in [-0.05, 0) is 43.7 Å². The third kappa shape index (κ3) is 20.0. The van der Waals surface area contributed by atoms with Crippen molar-refractivity contribution in [3.63, 3.8) is 0 Å². The van der Waals surface area contributed by atoms with Crippen molar-refractivity contribution >= 4 is 47.7 Å². The number of piperidine rings is 1. The molecule has 28 nitrogen and oxygen atoms in total. The molecular weight excluding hydrogens is 1080 g/mol. The molecule has 79 heavy (non-hydrogen) atoms. The SMILES string of the molecule is CCC(=O)CCOCCOCCOCCOCCOCCOCCOCCOCCn1cc(CCCCn2cc(C(=O)N3CCCC4(C3)CN(c3nc(Cl)nc5c3cnn5[C@@H]3O[C@H](COCP(=O)(O)O)[C@@H](O)[C@H]3O)C4)cn2)nn1. The second-order valence-electron chi connectivity index (χ2n) is 19.5. The molecule has 7 heterocycles. The molecule has 0 aromatic carbocycles. The van der Waals surface area contributed by atoms with Gasteiger partial charge in [-0.3, -0.25) is 18.8 Å². The molecule has 3 fully saturated rings. The first kappa shape index (κ1) is 62.4. The maximum Gasteiger partial charge on any atom is 0.350 e. The van der Waals surface area contributed by atoms with Gasteiger partial charge in [-0.2, -0.15) is 20.2 Å². The Kier molecular flexibility index (Phi) is 25.6. The monoisotopic (exact) mass is 1160 g/mol. The number of rotatable bonds is 40. The van der Waals surface area contributed by atoms with Gasteiger partial charge in [0.15, 0.2) is 11.9 Å². The molecule has 0 bridgehead atoms. The Bertz CT molecular complexity index is 2500. The van der Waals surface area contributed by atoms with Crippen LogP contribution in [0.1, 0.15) is 67.7 Å². The number of amides is 1. The van der Waals surface area contributed by atoms with Crippen molar-refractivity contribution in [1.82, 2.24) is 49.4 Å². The largest absolute Gasteiger partial charge is 0.387 e. The van der Waals surface area contributed by atoms with E-state index in [4.69, 9.17) is 68.8 Å². The number of halogens is 1. The molecule has 30 heteroatoms. The van der Waals surface area contributed by atoms with Crippen LogP contribution in [0.4, 0.5) is 5.82 Å². The molecule has 0 radical (unpaired) electrons. The number of Topliss-reactive ketones (excluding diaryl/α,β-unsaturated/α-hetero) is 1. The van der Waals surface area contributed by atoms with Crippen LogP contribution in [0.25, 0.3) is 11.0 Å². The Morgan fingerprint density at radius 3 is 1.99 bits per heavy atom. The first-order chi connectivity index (χ1) is 38.3. The van der Waals surface area contributed by atoms with Gasteiger partial charge < -0.3 is 77.2 Å². The molecule has 0 aliphatic carbocycles. The average molecular weight is 1160 g/mol. The number of aryl methyl sites for hydroxylation is 2.